The Morgan fingerprint density at radius 3 is 2.36 bits per heavy atom. The average molecular weight is 286 g/mol. The lowest BCUT2D eigenvalue weighted by atomic mass is 10.2. The molecule has 1 atom stereocenters. The van der Waals surface area contributed by atoms with Gasteiger partial charge in [-0.1, -0.05) is 54.4 Å². The average Bonchev–Trinajstić information content (AvgIpc) is 1.99. The minimum atomic E-state index is -1.26. The Hall–Kier alpha value is 0.907. The van der Waals surface area contributed by atoms with Crippen LogP contribution >= 0.6 is 21.8 Å². The van der Waals surface area contributed by atoms with E-state index in [2.05, 4.69) is 35.3 Å². The molecule has 0 aromatic heterocycles. The molecule has 0 saturated carbocycles. The van der Waals surface area contributed by atoms with Gasteiger partial charge in [0.05, 0.1) is 0 Å². The zero-order valence-electron chi connectivity index (χ0n) is 7.82. The molecule has 1 unspecified atom stereocenters. The number of unbranched alkanes of at least 4 members (excludes halogenated alkanes) is 3. The zero-order valence-corrected chi connectivity index (χ0v) is 11.0. The van der Waals surface area contributed by atoms with Crippen LogP contribution in [0.25, 0.3) is 0 Å². The van der Waals surface area contributed by atoms with Gasteiger partial charge in [-0.05, 0) is 12.6 Å². The maximum absolute atomic E-state index is 5.44. The van der Waals surface area contributed by atoms with E-state index >= 15 is 0 Å². The van der Waals surface area contributed by atoms with Gasteiger partial charge in [0, 0.05) is 7.11 Å². The molecule has 0 N–H and O–H groups in total. The number of rotatable bonds is 6. The highest BCUT2D eigenvalue weighted by molar-refractivity contribution is 14.1. The number of hydrogen-bond acceptors (Lipinski definition) is 1. The van der Waals surface area contributed by atoms with Crippen molar-refractivity contribution in [3.05, 3.63) is 0 Å². The standard InChI is InChI=1S/C8H19IOSi/c1-4-5-6-7-8-11(3,9)10-2/h4-8H2,1-3H3. The second kappa shape index (κ2) is 6.43. The van der Waals surface area contributed by atoms with Gasteiger partial charge in [-0.25, -0.2) is 0 Å². The van der Waals surface area contributed by atoms with Crippen LogP contribution in [0.5, 0.6) is 0 Å². The van der Waals surface area contributed by atoms with Gasteiger partial charge >= 0.3 is 0 Å². The van der Waals surface area contributed by atoms with Gasteiger partial charge < -0.3 is 4.43 Å². The van der Waals surface area contributed by atoms with Crippen LogP contribution < -0.4 is 0 Å². The maximum Gasteiger partial charge on any atom is 0.255 e. The molecule has 0 bridgehead atoms. The molecule has 68 valence electrons. The van der Waals surface area contributed by atoms with Crippen molar-refractivity contribution in [2.45, 2.75) is 45.2 Å². The van der Waals surface area contributed by atoms with Crippen LogP contribution in [0.2, 0.25) is 12.6 Å². The largest absolute Gasteiger partial charge is 0.410 e. The van der Waals surface area contributed by atoms with Crippen molar-refractivity contribution < 1.29 is 4.43 Å². The first-order valence-corrected chi connectivity index (χ1v) is 10.1. The van der Waals surface area contributed by atoms with Gasteiger partial charge in [-0.15, -0.1) is 0 Å². The molecule has 0 aromatic rings. The molecule has 0 heterocycles. The Balaban J connectivity index is 3.23. The Labute approximate surface area is 84.2 Å². The summed E-state index contributed by atoms with van der Waals surface area (Å²) in [5, 5.41) is 0. The Bertz CT molecular complexity index is 96.1. The van der Waals surface area contributed by atoms with Gasteiger partial charge in [0.2, 0.25) is 0 Å². The fourth-order valence-electron chi connectivity index (χ4n) is 0.970. The Morgan fingerprint density at radius 1 is 1.27 bits per heavy atom. The van der Waals surface area contributed by atoms with Crippen LogP contribution in [0.1, 0.15) is 32.6 Å². The van der Waals surface area contributed by atoms with Crippen LogP contribution in [0.15, 0.2) is 0 Å². The summed E-state index contributed by atoms with van der Waals surface area (Å²) in [4.78, 5) is 0. The van der Waals surface area contributed by atoms with Gasteiger partial charge in [0.1, 0.15) is 0 Å². The minimum Gasteiger partial charge on any atom is -0.410 e. The molecule has 1 nitrogen and oxygen atoms in total. The monoisotopic (exact) mass is 286 g/mol. The molecule has 0 aliphatic heterocycles. The summed E-state index contributed by atoms with van der Waals surface area (Å²) in [6, 6.07) is 1.31. The van der Waals surface area contributed by atoms with E-state index in [0.29, 0.717) is 0 Å². The van der Waals surface area contributed by atoms with E-state index in [-0.39, 0.29) is 0 Å². The second-order valence-electron chi connectivity index (χ2n) is 3.12. The predicted molar refractivity (Wildman–Crippen MR) is 61.6 cm³/mol. The molecule has 0 saturated heterocycles. The molecule has 0 aliphatic carbocycles. The van der Waals surface area contributed by atoms with E-state index < -0.39 is 5.81 Å². The van der Waals surface area contributed by atoms with Crippen LogP contribution in [-0.2, 0) is 4.43 Å². The molecule has 0 amide bonds. The van der Waals surface area contributed by atoms with Crippen LogP contribution in [0, 0.1) is 0 Å². The summed E-state index contributed by atoms with van der Waals surface area (Å²) in [7, 11) is 1.85. The SMILES string of the molecule is CCCCCC[Si](C)(I)OC. The lowest BCUT2D eigenvalue weighted by Gasteiger charge is -2.16. The summed E-state index contributed by atoms with van der Waals surface area (Å²) in [6.45, 7) is 4.52. The van der Waals surface area contributed by atoms with Crippen molar-refractivity contribution in [3.8, 4) is 0 Å². The highest BCUT2D eigenvalue weighted by Gasteiger charge is 2.21. The quantitative estimate of drug-likeness (QED) is 0.313. The normalized spacial score (nSPS) is 16.4. The van der Waals surface area contributed by atoms with E-state index in [1.165, 1.54) is 31.7 Å². The lowest BCUT2D eigenvalue weighted by molar-refractivity contribution is 0.418. The van der Waals surface area contributed by atoms with E-state index in [1.54, 1.807) is 0 Å². The highest BCUT2D eigenvalue weighted by atomic mass is 127. The van der Waals surface area contributed by atoms with Crippen molar-refractivity contribution >= 4 is 27.6 Å². The van der Waals surface area contributed by atoms with Crippen LogP contribution in [-0.4, -0.2) is 12.9 Å². The number of hydrogen-bond donors (Lipinski definition) is 0. The van der Waals surface area contributed by atoms with Crippen molar-refractivity contribution in [1.82, 2.24) is 0 Å². The topological polar surface area (TPSA) is 9.23 Å². The van der Waals surface area contributed by atoms with Crippen molar-refractivity contribution in [2.24, 2.45) is 0 Å². The third-order valence-electron chi connectivity index (χ3n) is 1.90. The van der Waals surface area contributed by atoms with E-state index in [1.807, 2.05) is 7.11 Å². The first-order valence-electron chi connectivity index (χ1n) is 4.36. The minimum absolute atomic E-state index is 1.26. The third-order valence-corrected chi connectivity index (χ3v) is 6.94. The van der Waals surface area contributed by atoms with Gasteiger partial charge in [0.15, 0.2) is 0 Å². The van der Waals surface area contributed by atoms with Gasteiger partial charge in [-0.2, -0.15) is 0 Å². The summed E-state index contributed by atoms with van der Waals surface area (Å²) < 4.78 is 5.44. The molecule has 3 heteroatoms. The Morgan fingerprint density at radius 2 is 1.91 bits per heavy atom. The molecule has 0 fully saturated rings. The van der Waals surface area contributed by atoms with E-state index in [4.69, 9.17) is 4.43 Å². The smallest absolute Gasteiger partial charge is 0.255 e. The van der Waals surface area contributed by atoms with Crippen LogP contribution in [0.3, 0.4) is 0 Å². The fourth-order valence-corrected chi connectivity index (χ4v) is 3.20. The number of halogens is 1. The Kier molecular flexibility index (Phi) is 6.96. The molecule has 0 aliphatic rings. The van der Waals surface area contributed by atoms with Crippen molar-refractivity contribution in [2.75, 3.05) is 7.11 Å². The van der Waals surface area contributed by atoms with Crippen molar-refractivity contribution in [3.63, 3.8) is 0 Å². The first kappa shape index (κ1) is 11.9. The van der Waals surface area contributed by atoms with Gasteiger partial charge in [0.25, 0.3) is 5.81 Å². The van der Waals surface area contributed by atoms with Crippen molar-refractivity contribution in [1.29, 1.82) is 0 Å². The molecule has 0 rings (SSSR count). The maximum atomic E-state index is 5.44. The molecule has 0 spiro atoms. The van der Waals surface area contributed by atoms with Crippen LogP contribution in [0.4, 0.5) is 0 Å². The molecule has 0 aromatic carbocycles. The predicted octanol–water partition coefficient (Wildman–Crippen LogP) is 3.72. The summed E-state index contributed by atoms with van der Waals surface area (Å²) in [5.41, 5.74) is 0. The third kappa shape index (κ3) is 7.27. The molecular weight excluding hydrogens is 267 g/mol. The summed E-state index contributed by atoms with van der Waals surface area (Å²) in [5.74, 6) is -1.26. The highest BCUT2D eigenvalue weighted by Crippen LogP contribution is 2.22. The molecular formula is C8H19IOSi. The zero-order chi connectivity index (χ0) is 8.74. The molecule has 0 radical (unpaired) electrons. The fraction of sp³-hybridized carbons (Fsp3) is 1.00. The van der Waals surface area contributed by atoms with Gasteiger partial charge in [-0.3, -0.25) is 0 Å². The summed E-state index contributed by atoms with van der Waals surface area (Å²) in [6.07, 6.45) is 5.44. The first-order chi connectivity index (χ1) is 5.12. The lowest BCUT2D eigenvalue weighted by Crippen LogP contribution is -2.23. The second-order valence-corrected chi connectivity index (χ2v) is 13.1. The van der Waals surface area contributed by atoms with E-state index in [9.17, 15) is 0 Å². The van der Waals surface area contributed by atoms with E-state index in [0.717, 1.165) is 0 Å². The molecule has 11 heavy (non-hydrogen) atoms. The summed E-state index contributed by atoms with van der Waals surface area (Å²) >= 11 is 2.51.